The lowest BCUT2D eigenvalue weighted by molar-refractivity contribution is 0.366. The van der Waals surface area contributed by atoms with Crippen molar-refractivity contribution in [2.45, 2.75) is 32.9 Å². The Morgan fingerprint density at radius 2 is 1.86 bits per heavy atom. The number of likely N-dealkylation sites (N-methyl/N-ethyl adjacent to an activating group) is 1. The van der Waals surface area contributed by atoms with Gasteiger partial charge in [0.25, 0.3) is 0 Å². The van der Waals surface area contributed by atoms with Crippen molar-refractivity contribution >= 4 is 28.9 Å². The number of nitrogens with zero attached hydrogens (tertiary/aromatic N) is 3. The summed E-state index contributed by atoms with van der Waals surface area (Å²) in [4.78, 5) is 6.74. The Kier molecular flexibility index (Phi) is 4.89. The number of aromatic nitrogens is 2. The maximum atomic E-state index is 6.26. The van der Waals surface area contributed by atoms with E-state index in [0.717, 1.165) is 21.5 Å². The fourth-order valence-corrected chi connectivity index (χ4v) is 4.69. The molecule has 1 saturated heterocycles. The van der Waals surface area contributed by atoms with Crippen LogP contribution in [0.5, 0.6) is 0 Å². The molecule has 1 fully saturated rings. The summed E-state index contributed by atoms with van der Waals surface area (Å²) in [5, 5.41) is 4.94. The number of nitrogens with one attached hydrogen (secondary N) is 1. The van der Waals surface area contributed by atoms with E-state index >= 15 is 0 Å². The second-order valence-corrected chi connectivity index (χ2v) is 8.09. The van der Waals surface area contributed by atoms with E-state index in [1.54, 1.807) is 0 Å². The van der Waals surface area contributed by atoms with Crippen molar-refractivity contribution in [2.75, 3.05) is 7.05 Å². The van der Waals surface area contributed by atoms with Crippen molar-refractivity contribution in [2.24, 2.45) is 0 Å². The first-order valence-electron chi connectivity index (χ1n) is 9.28. The number of benzene rings is 1. The van der Waals surface area contributed by atoms with E-state index < -0.39 is 0 Å². The van der Waals surface area contributed by atoms with Gasteiger partial charge in [0.15, 0.2) is 5.11 Å². The molecule has 1 aliphatic heterocycles. The average molecular weight is 411 g/mol. The summed E-state index contributed by atoms with van der Waals surface area (Å²) in [5.74, 6) is 0. The molecule has 0 saturated carbocycles. The Morgan fingerprint density at radius 3 is 2.54 bits per heavy atom. The van der Waals surface area contributed by atoms with Crippen LogP contribution in [-0.2, 0) is 0 Å². The van der Waals surface area contributed by atoms with Gasteiger partial charge in [-0.2, -0.15) is 0 Å². The molecular weight excluding hydrogens is 388 g/mol. The molecule has 0 bridgehead atoms. The lowest BCUT2D eigenvalue weighted by Crippen LogP contribution is -2.25. The summed E-state index contributed by atoms with van der Waals surface area (Å²) in [5.41, 5.74) is 7.01. The molecule has 0 spiro atoms. The van der Waals surface area contributed by atoms with Gasteiger partial charge in [0.05, 0.1) is 17.8 Å². The van der Waals surface area contributed by atoms with E-state index in [0.29, 0.717) is 0 Å². The molecule has 28 heavy (non-hydrogen) atoms. The highest BCUT2D eigenvalue weighted by Crippen LogP contribution is 2.42. The highest BCUT2D eigenvalue weighted by Gasteiger charge is 2.40. The Bertz CT molecular complexity index is 1040. The predicted octanol–water partition coefficient (Wildman–Crippen LogP) is 5.05. The number of halogens is 1. The molecule has 144 valence electrons. The monoisotopic (exact) mass is 410 g/mol. The molecular formula is C22H23ClN4S. The molecule has 1 aromatic carbocycles. The van der Waals surface area contributed by atoms with Gasteiger partial charge in [-0.05, 0) is 68.9 Å². The summed E-state index contributed by atoms with van der Waals surface area (Å²) in [6.45, 7) is 6.51. The van der Waals surface area contributed by atoms with Crippen LogP contribution < -0.4 is 5.32 Å². The number of hydrogen-bond acceptors (Lipinski definition) is 2. The molecule has 0 radical (unpaired) electrons. The third-order valence-electron chi connectivity index (χ3n) is 5.71. The zero-order valence-corrected chi connectivity index (χ0v) is 18.0. The standard InChI is InChI=1S/C22H23ClN4S/c1-13-14(2)27(17-9-7-8-16(23)12-17)15(3)19(13)21-20(25-22(28)26(21)4)18-10-5-6-11-24-18/h5-12,20-21H,1-4H3,(H,25,28)/t20-,21+/m0/s1. The summed E-state index contributed by atoms with van der Waals surface area (Å²) < 4.78 is 2.28. The Morgan fingerprint density at radius 1 is 1.07 bits per heavy atom. The zero-order chi connectivity index (χ0) is 20.0. The molecule has 0 unspecified atom stereocenters. The molecule has 2 aromatic heterocycles. The van der Waals surface area contributed by atoms with Crippen LogP contribution in [-0.4, -0.2) is 26.6 Å². The number of pyridine rings is 1. The summed E-state index contributed by atoms with van der Waals surface area (Å²) in [6, 6.07) is 14.1. The minimum absolute atomic E-state index is 0.00529. The van der Waals surface area contributed by atoms with Crippen molar-refractivity contribution in [1.29, 1.82) is 0 Å². The molecule has 4 nitrogen and oxygen atoms in total. The first-order chi connectivity index (χ1) is 13.4. The maximum absolute atomic E-state index is 6.26. The Balaban J connectivity index is 1.88. The second kappa shape index (κ2) is 7.22. The lowest BCUT2D eigenvalue weighted by Gasteiger charge is -2.25. The van der Waals surface area contributed by atoms with Gasteiger partial charge < -0.3 is 14.8 Å². The molecule has 3 aromatic rings. The van der Waals surface area contributed by atoms with E-state index in [1.807, 2.05) is 43.6 Å². The first-order valence-corrected chi connectivity index (χ1v) is 10.1. The van der Waals surface area contributed by atoms with Gasteiger partial charge in [-0.1, -0.05) is 23.7 Å². The molecule has 6 heteroatoms. The van der Waals surface area contributed by atoms with Gasteiger partial charge in [-0.3, -0.25) is 4.98 Å². The topological polar surface area (TPSA) is 33.1 Å². The van der Waals surface area contributed by atoms with E-state index in [-0.39, 0.29) is 12.1 Å². The minimum Gasteiger partial charge on any atom is -0.352 e. The molecule has 4 rings (SSSR count). The SMILES string of the molecule is Cc1c([C@@H]2[C@H](c3ccccn3)NC(=S)N2C)c(C)n(-c2cccc(Cl)c2)c1C. The second-order valence-electron chi connectivity index (χ2n) is 7.26. The summed E-state index contributed by atoms with van der Waals surface area (Å²) >= 11 is 11.9. The highest BCUT2D eigenvalue weighted by atomic mass is 35.5. The van der Waals surface area contributed by atoms with Crippen molar-refractivity contribution in [3.63, 3.8) is 0 Å². The van der Waals surface area contributed by atoms with Gasteiger partial charge in [0.2, 0.25) is 0 Å². The summed E-state index contributed by atoms with van der Waals surface area (Å²) in [7, 11) is 2.05. The fourth-order valence-electron chi connectivity index (χ4n) is 4.26. The molecule has 0 amide bonds. The van der Waals surface area contributed by atoms with Crippen molar-refractivity contribution in [1.82, 2.24) is 19.8 Å². The molecule has 2 atom stereocenters. The van der Waals surface area contributed by atoms with Crippen LogP contribution in [0.15, 0.2) is 48.7 Å². The first kappa shape index (κ1) is 19.0. The van der Waals surface area contributed by atoms with Crippen molar-refractivity contribution in [3.05, 3.63) is 81.9 Å². The third kappa shape index (κ3) is 2.99. The highest BCUT2D eigenvalue weighted by molar-refractivity contribution is 7.80. The Hall–Kier alpha value is -2.37. The van der Waals surface area contributed by atoms with E-state index in [4.69, 9.17) is 23.8 Å². The number of rotatable bonds is 3. The quantitative estimate of drug-likeness (QED) is 0.612. The van der Waals surface area contributed by atoms with Crippen LogP contribution in [0.1, 0.15) is 40.3 Å². The predicted molar refractivity (Wildman–Crippen MR) is 118 cm³/mol. The smallest absolute Gasteiger partial charge is 0.169 e. The average Bonchev–Trinajstić information content (AvgIpc) is 3.09. The molecule has 1 aliphatic rings. The van der Waals surface area contributed by atoms with Gasteiger partial charge in [0, 0.05) is 40.9 Å². The van der Waals surface area contributed by atoms with Gasteiger partial charge in [-0.25, -0.2) is 0 Å². The number of thiocarbonyl (C=S) groups is 1. The van der Waals surface area contributed by atoms with Crippen LogP contribution >= 0.6 is 23.8 Å². The molecule has 0 aliphatic carbocycles. The van der Waals surface area contributed by atoms with E-state index in [2.05, 4.69) is 52.7 Å². The van der Waals surface area contributed by atoms with Crippen LogP contribution in [0.4, 0.5) is 0 Å². The minimum atomic E-state index is 0.00529. The fraction of sp³-hybridized carbons (Fsp3) is 0.273. The Labute approximate surface area is 176 Å². The van der Waals surface area contributed by atoms with E-state index in [1.165, 1.54) is 22.5 Å². The van der Waals surface area contributed by atoms with Gasteiger partial charge >= 0.3 is 0 Å². The van der Waals surface area contributed by atoms with Gasteiger partial charge in [0.1, 0.15) is 0 Å². The third-order valence-corrected chi connectivity index (χ3v) is 6.35. The van der Waals surface area contributed by atoms with Gasteiger partial charge in [-0.15, -0.1) is 0 Å². The largest absolute Gasteiger partial charge is 0.352 e. The zero-order valence-electron chi connectivity index (χ0n) is 16.4. The van der Waals surface area contributed by atoms with Crippen LogP contribution in [0.2, 0.25) is 5.02 Å². The number of hydrogen-bond donors (Lipinski definition) is 1. The van der Waals surface area contributed by atoms with Crippen LogP contribution in [0.25, 0.3) is 5.69 Å². The van der Waals surface area contributed by atoms with Crippen molar-refractivity contribution < 1.29 is 0 Å². The van der Waals surface area contributed by atoms with Crippen molar-refractivity contribution in [3.8, 4) is 5.69 Å². The van der Waals surface area contributed by atoms with Crippen LogP contribution in [0, 0.1) is 20.8 Å². The van der Waals surface area contributed by atoms with E-state index in [9.17, 15) is 0 Å². The maximum Gasteiger partial charge on any atom is 0.169 e. The molecule has 3 heterocycles. The molecule has 1 N–H and O–H groups in total. The van der Waals surface area contributed by atoms with Crippen LogP contribution in [0.3, 0.4) is 0 Å². The normalized spacial score (nSPS) is 19.2. The summed E-state index contributed by atoms with van der Waals surface area (Å²) in [6.07, 6.45) is 1.83. The lowest BCUT2D eigenvalue weighted by atomic mass is 9.94.